The van der Waals surface area contributed by atoms with Gasteiger partial charge in [-0.15, -0.1) is 0 Å². The Kier molecular flexibility index (Phi) is 7.11. The molecule has 27 heavy (non-hydrogen) atoms. The van der Waals surface area contributed by atoms with Gasteiger partial charge in [0.25, 0.3) is 0 Å². The van der Waals surface area contributed by atoms with Crippen molar-refractivity contribution in [2.45, 2.75) is 19.3 Å². The monoisotopic (exact) mass is 368 g/mol. The number of carbonyl (C=O) groups excluding carboxylic acids is 1. The molecular weight excluding hydrogens is 340 g/mol. The smallest absolute Gasteiger partial charge is 0.224 e. The molecule has 1 aliphatic heterocycles. The highest BCUT2D eigenvalue weighted by atomic mass is 16.5. The first kappa shape index (κ1) is 19.2. The number of benzene rings is 2. The Morgan fingerprint density at radius 1 is 1.04 bits per heavy atom. The Bertz CT molecular complexity index is 707. The van der Waals surface area contributed by atoms with Gasteiger partial charge in [0.2, 0.25) is 5.91 Å². The van der Waals surface area contributed by atoms with Gasteiger partial charge in [-0.1, -0.05) is 24.3 Å². The molecular formula is C22H28N2O3. The van der Waals surface area contributed by atoms with Crippen LogP contribution in [0.25, 0.3) is 0 Å². The zero-order valence-electron chi connectivity index (χ0n) is 15.9. The van der Waals surface area contributed by atoms with E-state index in [0.717, 1.165) is 50.5 Å². The average molecular weight is 368 g/mol. The fourth-order valence-corrected chi connectivity index (χ4v) is 3.21. The summed E-state index contributed by atoms with van der Waals surface area (Å²) >= 11 is 0. The number of amides is 1. The third kappa shape index (κ3) is 6.00. The maximum atomic E-state index is 12.0. The fourth-order valence-electron chi connectivity index (χ4n) is 3.21. The van der Waals surface area contributed by atoms with Crippen LogP contribution in [-0.2, 0) is 22.4 Å². The highest BCUT2D eigenvalue weighted by molar-refractivity contribution is 5.78. The third-order valence-electron chi connectivity index (χ3n) is 4.80. The largest absolute Gasteiger partial charge is 0.497 e. The van der Waals surface area contributed by atoms with Gasteiger partial charge >= 0.3 is 0 Å². The molecule has 5 heteroatoms. The molecule has 0 saturated carbocycles. The molecule has 1 heterocycles. The summed E-state index contributed by atoms with van der Waals surface area (Å²) in [5, 5.41) is 3.00. The van der Waals surface area contributed by atoms with E-state index in [2.05, 4.69) is 34.5 Å². The van der Waals surface area contributed by atoms with Crippen LogP contribution < -0.4 is 15.0 Å². The zero-order chi connectivity index (χ0) is 18.9. The molecule has 0 radical (unpaired) electrons. The van der Waals surface area contributed by atoms with Gasteiger partial charge in [-0.3, -0.25) is 4.79 Å². The van der Waals surface area contributed by atoms with Crippen LogP contribution in [0.2, 0.25) is 0 Å². The van der Waals surface area contributed by atoms with Crippen molar-refractivity contribution >= 4 is 11.6 Å². The van der Waals surface area contributed by atoms with E-state index in [1.807, 2.05) is 24.3 Å². The summed E-state index contributed by atoms with van der Waals surface area (Å²) in [6.45, 7) is 4.22. The van der Waals surface area contributed by atoms with E-state index in [0.29, 0.717) is 13.0 Å². The SMILES string of the molecule is COc1ccc(CC(=O)NCCCc2ccc(N3CCOCC3)cc2)cc1. The van der Waals surface area contributed by atoms with Crippen LogP contribution in [0.15, 0.2) is 48.5 Å². The molecule has 0 spiro atoms. The predicted molar refractivity (Wildman–Crippen MR) is 108 cm³/mol. The predicted octanol–water partition coefficient (Wildman–Crippen LogP) is 2.82. The van der Waals surface area contributed by atoms with Crippen LogP contribution in [0.3, 0.4) is 0 Å². The highest BCUT2D eigenvalue weighted by Crippen LogP contribution is 2.17. The number of hydrogen-bond acceptors (Lipinski definition) is 4. The Hall–Kier alpha value is -2.53. The highest BCUT2D eigenvalue weighted by Gasteiger charge is 2.10. The first-order valence-electron chi connectivity index (χ1n) is 9.56. The van der Waals surface area contributed by atoms with Gasteiger partial charge in [-0.05, 0) is 48.2 Å². The number of nitrogens with one attached hydrogen (secondary N) is 1. The number of aryl methyl sites for hydroxylation is 1. The lowest BCUT2D eigenvalue weighted by Crippen LogP contribution is -2.36. The second-order valence-corrected chi connectivity index (χ2v) is 6.74. The summed E-state index contributed by atoms with van der Waals surface area (Å²) in [6.07, 6.45) is 2.30. The minimum Gasteiger partial charge on any atom is -0.497 e. The number of hydrogen-bond donors (Lipinski definition) is 1. The normalized spacial score (nSPS) is 14.0. The molecule has 2 aromatic carbocycles. The first-order chi connectivity index (χ1) is 13.2. The summed E-state index contributed by atoms with van der Waals surface area (Å²) in [5.74, 6) is 0.863. The van der Waals surface area contributed by atoms with E-state index in [1.54, 1.807) is 7.11 Å². The second kappa shape index (κ2) is 9.97. The van der Waals surface area contributed by atoms with Crippen LogP contribution in [0.4, 0.5) is 5.69 Å². The van der Waals surface area contributed by atoms with Gasteiger partial charge < -0.3 is 19.7 Å². The van der Waals surface area contributed by atoms with Gasteiger partial charge in [-0.2, -0.15) is 0 Å². The molecule has 1 N–H and O–H groups in total. The standard InChI is InChI=1S/C22H28N2O3/c1-26-21-10-6-19(7-11-21)17-22(25)23-12-2-3-18-4-8-20(9-5-18)24-13-15-27-16-14-24/h4-11H,2-3,12-17H2,1H3,(H,23,25). The van der Waals surface area contributed by atoms with Crippen molar-refractivity contribution in [3.63, 3.8) is 0 Å². The summed E-state index contributed by atoms with van der Waals surface area (Å²) in [5.41, 5.74) is 3.55. The van der Waals surface area contributed by atoms with Crippen molar-refractivity contribution in [3.05, 3.63) is 59.7 Å². The first-order valence-corrected chi connectivity index (χ1v) is 9.56. The Morgan fingerprint density at radius 3 is 2.37 bits per heavy atom. The third-order valence-corrected chi connectivity index (χ3v) is 4.80. The molecule has 1 amide bonds. The number of rotatable bonds is 8. The van der Waals surface area contributed by atoms with Crippen molar-refractivity contribution in [1.29, 1.82) is 0 Å². The molecule has 3 rings (SSSR count). The van der Waals surface area contributed by atoms with Gasteiger partial charge in [0.1, 0.15) is 5.75 Å². The van der Waals surface area contributed by atoms with E-state index in [-0.39, 0.29) is 5.91 Å². The maximum Gasteiger partial charge on any atom is 0.224 e. The van der Waals surface area contributed by atoms with E-state index in [1.165, 1.54) is 11.3 Å². The lowest BCUT2D eigenvalue weighted by Gasteiger charge is -2.28. The van der Waals surface area contributed by atoms with Gasteiger partial charge in [0.05, 0.1) is 26.7 Å². The summed E-state index contributed by atoms with van der Waals surface area (Å²) in [4.78, 5) is 14.4. The molecule has 5 nitrogen and oxygen atoms in total. The molecule has 2 aromatic rings. The lowest BCUT2D eigenvalue weighted by molar-refractivity contribution is -0.120. The number of methoxy groups -OCH3 is 1. The Labute approximate surface area is 161 Å². The van der Waals surface area contributed by atoms with Crippen molar-refractivity contribution < 1.29 is 14.3 Å². The molecule has 1 aliphatic rings. The Morgan fingerprint density at radius 2 is 1.70 bits per heavy atom. The van der Waals surface area contributed by atoms with Crippen LogP contribution in [0.5, 0.6) is 5.75 Å². The molecule has 1 fully saturated rings. The summed E-state index contributed by atoms with van der Waals surface area (Å²) < 4.78 is 10.5. The molecule has 0 aromatic heterocycles. The van der Waals surface area contributed by atoms with Gasteiger partial charge in [0.15, 0.2) is 0 Å². The number of nitrogens with zero attached hydrogens (tertiary/aromatic N) is 1. The topological polar surface area (TPSA) is 50.8 Å². The molecule has 0 aliphatic carbocycles. The number of anilines is 1. The van der Waals surface area contributed by atoms with Gasteiger partial charge in [-0.25, -0.2) is 0 Å². The van der Waals surface area contributed by atoms with Crippen molar-refractivity contribution in [2.75, 3.05) is 44.9 Å². The molecule has 144 valence electrons. The summed E-state index contributed by atoms with van der Waals surface area (Å²) in [7, 11) is 1.64. The average Bonchev–Trinajstić information content (AvgIpc) is 2.73. The zero-order valence-corrected chi connectivity index (χ0v) is 15.9. The van der Waals surface area contributed by atoms with E-state index < -0.39 is 0 Å². The minimum absolute atomic E-state index is 0.0582. The molecule has 0 bridgehead atoms. The second-order valence-electron chi connectivity index (χ2n) is 6.74. The van der Waals surface area contributed by atoms with E-state index in [9.17, 15) is 4.79 Å². The quantitative estimate of drug-likeness (QED) is 0.728. The van der Waals surface area contributed by atoms with E-state index in [4.69, 9.17) is 9.47 Å². The Balaban J connectivity index is 1.36. The van der Waals surface area contributed by atoms with E-state index >= 15 is 0 Å². The fraction of sp³-hybridized carbons (Fsp3) is 0.409. The van der Waals surface area contributed by atoms with Crippen molar-refractivity contribution in [3.8, 4) is 5.75 Å². The molecule has 1 saturated heterocycles. The van der Waals surface area contributed by atoms with Crippen LogP contribution in [0, 0.1) is 0 Å². The minimum atomic E-state index is 0.0582. The van der Waals surface area contributed by atoms with Crippen LogP contribution in [0.1, 0.15) is 17.5 Å². The molecule has 0 unspecified atom stereocenters. The van der Waals surface area contributed by atoms with Crippen LogP contribution in [-0.4, -0.2) is 45.9 Å². The number of morpholine rings is 1. The number of ether oxygens (including phenoxy) is 2. The van der Waals surface area contributed by atoms with Gasteiger partial charge in [0, 0.05) is 25.3 Å². The maximum absolute atomic E-state index is 12.0. The number of carbonyl (C=O) groups is 1. The van der Waals surface area contributed by atoms with Crippen molar-refractivity contribution in [1.82, 2.24) is 5.32 Å². The molecule has 0 atom stereocenters. The summed E-state index contributed by atoms with van der Waals surface area (Å²) in [6, 6.07) is 16.3. The van der Waals surface area contributed by atoms with Crippen molar-refractivity contribution in [2.24, 2.45) is 0 Å². The lowest BCUT2D eigenvalue weighted by atomic mass is 10.1. The van der Waals surface area contributed by atoms with Crippen LogP contribution >= 0.6 is 0 Å².